The maximum absolute atomic E-state index is 12.0. The second-order valence-corrected chi connectivity index (χ2v) is 5.35. The van der Waals surface area contributed by atoms with Crippen molar-refractivity contribution >= 4 is 5.91 Å². The molecule has 0 spiro atoms. The van der Waals surface area contributed by atoms with Gasteiger partial charge in [0.05, 0.1) is 5.60 Å². The van der Waals surface area contributed by atoms with Gasteiger partial charge >= 0.3 is 0 Å². The van der Waals surface area contributed by atoms with E-state index in [9.17, 15) is 4.79 Å². The maximum Gasteiger partial charge on any atom is 0.241 e. The number of aryl methyl sites for hydroxylation is 1. The number of ether oxygens (including phenoxy) is 1. The number of carbonyl (C=O) groups is 1. The van der Waals surface area contributed by atoms with E-state index in [1.807, 2.05) is 31.2 Å². The molecule has 1 aromatic carbocycles. The first-order valence-corrected chi connectivity index (χ1v) is 6.71. The molecule has 1 unspecified atom stereocenters. The van der Waals surface area contributed by atoms with Crippen LogP contribution in [0.5, 0.6) is 0 Å². The van der Waals surface area contributed by atoms with Crippen molar-refractivity contribution in [2.24, 2.45) is 5.73 Å². The fraction of sp³-hybridized carbons (Fsp3) is 0.533. The van der Waals surface area contributed by atoms with Gasteiger partial charge in [0.15, 0.2) is 0 Å². The third kappa shape index (κ3) is 3.14. The summed E-state index contributed by atoms with van der Waals surface area (Å²) in [4.78, 5) is 12.0. The van der Waals surface area contributed by atoms with Crippen molar-refractivity contribution in [1.82, 2.24) is 5.32 Å². The van der Waals surface area contributed by atoms with Gasteiger partial charge in [-0.25, -0.2) is 0 Å². The lowest BCUT2D eigenvalue weighted by molar-refractivity contribution is -0.126. The van der Waals surface area contributed by atoms with E-state index < -0.39 is 6.04 Å². The van der Waals surface area contributed by atoms with Gasteiger partial charge in [0, 0.05) is 13.7 Å². The van der Waals surface area contributed by atoms with Gasteiger partial charge in [-0.15, -0.1) is 0 Å². The lowest BCUT2D eigenvalue weighted by Crippen LogP contribution is -2.50. The molecule has 0 saturated heterocycles. The van der Waals surface area contributed by atoms with E-state index >= 15 is 0 Å². The lowest BCUT2D eigenvalue weighted by Gasteiger charge is -2.40. The van der Waals surface area contributed by atoms with Crippen molar-refractivity contribution in [3.8, 4) is 0 Å². The summed E-state index contributed by atoms with van der Waals surface area (Å²) < 4.78 is 5.47. The number of nitrogens with two attached hydrogens (primary N) is 1. The van der Waals surface area contributed by atoms with Crippen LogP contribution in [0, 0.1) is 6.92 Å². The quantitative estimate of drug-likeness (QED) is 0.848. The van der Waals surface area contributed by atoms with Crippen LogP contribution in [0.3, 0.4) is 0 Å². The number of benzene rings is 1. The summed E-state index contributed by atoms with van der Waals surface area (Å²) in [7, 11) is 1.70. The lowest BCUT2D eigenvalue weighted by atomic mass is 9.80. The second kappa shape index (κ2) is 5.72. The average molecular weight is 262 g/mol. The smallest absolute Gasteiger partial charge is 0.241 e. The molecule has 0 radical (unpaired) electrons. The minimum atomic E-state index is -0.616. The summed E-state index contributed by atoms with van der Waals surface area (Å²) >= 11 is 0. The Bertz CT molecular complexity index is 432. The van der Waals surface area contributed by atoms with Crippen molar-refractivity contribution in [3.05, 3.63) is 35.4 Å². The molecule has 1 aromatic rings. The number of carbonyl (C=O) groups excluding carboxylic acids is 1. The molecule has 1 aliphatic rings. The molecule has 0 aromatic heterocycles. The predicted molar refractivity (Wildman–Crippen MR) is 74.7 cm³/mol. The van der Waals surface area contributed by atoms with Crippen molar-refractivity contribution in [2.75, 3.05) is 13.7 Å². The molecule has 104 valence electrons. The van der Waals surface area contributed by atoms with Crippen LogP contribution in [0.15, 0.2) is 24.3 Å². The highest BCUT2D eigenvalue weighted by Crippen LogP contribution is 2.34. The zero-order valence-electron chi connectivity index (χ0n) is 11.6. The van der Waals surface area contributed by atoms with Crippen LogP contribution in [0.1, 0.15) is 36.4 Å². The summed E-state index contributed by atoms with van der Waals surface area (Å²) in [6.45, 7) is 2.55. The first kappa shape index (κ1) is 14.0. The summed E-state index contributed by atoms with van der Waals surface area (Å²) in [6, 6.07) is 7.11. The molecule has 1 aliphatic carbocycles. The zero-order chi connectivity index (χ0) is 13.9. The Morgan fingerprint density at radius 1 is 1.42 bits per heavy atom. The van der Waals surface area contributed by atoms with Gasteiger partial charge in [0.2, 0.25) is 5.91 Å². The van der Waals surface area contributed by atoms with Crippen molar-refractivity contribution in [3.63, 3.8) is 0 Å². The fourth-order valence-electron chi connectivity index (χ4n) is 2.31. The fourth-order valence-corrected chi connectivity index (χ4v) is 2.31. The third-order valence-electron chi connectivity index (χ3n) is 4.00. The molecule has 3 N–H and O–H groups in total. The summed E-state index contributed by atoms with van der Waals surface area (Å²) in [5.41, 5.74) is 7.79. The van der Waals surface area contributed by atoms with E-state index in [-0.39, 0.29) is 11.5 Å². The largest absolute Gasteiger partial charge is 0.376 e. The van der Waals surface area contributed by atoms with E-state index in [2.05, 4.69) is 5.32 Å². The summed E-state index contributed by atoms with van der Waals surface area (Å²) in [5.74, 6) is -0.146. The molecule has 2 rings (SSSR count). The van der Waals surface area contributed by atoms with Gasteiger partial charge in [-0.1, -0.05) is 29.8 Å². The standard InChI is InChI=1S/C15H22N2O2/c1-11-4-6-12(7-5-11)13(16)14(18)17-10-15(19-2)8-3-9-15/h4-7,13H,3,8-10,16H2,1-2H3,(H,17,18). The highest BCUT2D eigenvalue weighted by Gasteiger charge is 2.37. The SMILES string of the molecule is COC1(CNC(=O)C(N)c2ccc(C)cc2)CCC1. The number of amides is 1. The first-order valence-electron chi connectivity index (χ1n) is 6.71. The Kier molecular flexibility index (Phi) is 4.22. The van der Waals surface area contributed by atoms with Crippen LogP contribution < -0.4 is 11.1 Å². The minimum Gasteiger partial charge on any atom is -0.376 e. The first-order chi connectivity index (χ1) is 9.06. The highest BCUT2D eigenvalue weighted by atomic mass is 16.5. The van der Waals surface area contributed by atoms with Crippen molar-refractivity contribution < 1.29 is 9.53 Å². The van der Waals surface area contributed by atoms with E-state index in [0.29, 0.717) is 6.54 Å². The van der Waals surface area contributed by atoms with Crippen molar-refractivity contribution in [2.45, 2.75) is 37.8 Å². The van der Waals surface area contributed by atoms with Gasteiger partial charge in [-0.2, -0.15) is 0 Å². The summed E-state index contributed by atoms with van der Waals surface area (Å²) in [5, 5.41) is 2.90. The van der Waals surface area contributed by atoms with Crippen molar-refractivity contribution in [1.29, 1.82) is 0 Å². The Labute approximate surface area is 114 Å². The van der Waals surface area contributed by atoms with Crippen LogP contribution in [0.25, 0.3) is 0 Å². The van der Waals surface area contributed by atoms with Gasteiger partial charge in [0.1, 0.15) is 6.04 Å². The van der Waals surface area contributed by atoms with E-state index in [0.717, 1.165) is 30.4 Å². The van der Waals surface area contributed by atoms with Gasteiger partial charge in [0.25, 0.3) is 0 Å². The molecular formula is C15H22N2O2. The Balaban J connectivity index is 1.90. The maximum atomic E-state index is 12.0. The Hall–Kier alpha value is -1.39. The summed E-state index contributed by atoms with van der Waals surface area (Å²) in [6.07, 6.45) is 3.17. The van der Waals surface area contributed by atoms with Gasteiger partial charge < -0.3 is 15.8 Å². The third-order valence-corrected chi connectivity index (χ3v) is 4.00. The minimum absolute atomic E-state index is 0.146. The predicted octanol–water partition coefficient (Wildman–Crippen LogP) is 1.68. The number of rotatable bonds is 5. The Morgan fingerprint density at radius 2 is 2.05 bits per heavy atom. The molecule has 1 saturated carbocycles. The molecule has 1 amide bonds. The second-order valence-electron chi connectivity index (χ2n) is 5.35. The molecule has 4 nitrogen and oxygen atoms in total. The van der Waals surface area contributed by atoms with E-state index in [1.165, 1.54) is 0 Å². The normalized spacial score (nSPS) is 18.5. The van der Waals surface area contributed by atoms with E-state index in [1.54, 1.807) is 7.11 Å². The van der Waals surface area contributed by atoms with Gasteiger partial charge in [-0.3, -0.25) is 4.79 Å². The van der Waals surface area contributed by atoms with Crippen LogP contribution in [-0.4, -0.2) is 25.2 Å². The van der Waals surface area contributed by atoms with Gasteiger partial charge in [-0.05, 0) is 31.7 Å². The molecule has 0 bridgehead atoms. The number of hydrogen-bond acceptors (Lipinski definition) is 3. The van der Waals surface area contributed by atoms with Crippen LogP contribution in [0.4, 0.5) is 0 Å². The highest BCUT2D eigenvalue weighted by molar-refractivity contribution is 5.83. The Morgan fingerprint density at radius 3 is 2.53 bits per heavy atom. The topological polar surface area (TPSA) is 64.3 Å². The monoisotopic (exact) mass is 262 g/mol. The number of methoxy groups -OCH3 is 1. The van der Waals surface area contributed by atoms with Crippen LogP contribution in [0.2, 0.25) is 0 Å². The molecular weight excluding hydrogens is 240 g/mol. The number of nitrogens with one attached hydrogen (secondary N) is 1. The van der Waals surface area contributed by atoms with E-state index in [4.69, 9.17) is 10.5 Å². The molecule has 19 heavy (non-hydrogen) atoms. The zero-order valence-corrected chi connectivity index (χ0v) is 11.6. The molecule has 1 atom stereocenters. The molecule has 4 heteroatoms. The molecule has 0 heterocycles. The van der Waals surface area contributed by atoms with Crippen LogP contribution >= 0.6 is 0 Å². The number of hydrogen-bond donors (Lipinski definition) is 2. The molecule has 0 aliphatic heterocycles. The average Bonchev–Trinajstić information content (AvgIpc) is 2.38. The molecule has 1 fully saturated rings. The van der Waals surface area contributed by atoms with Crippen LogP contribution in [-0.2, 0) is 9.53 Å².